The number of phenols is 1. The number of phenolic OH excluding ortho intramolecular Hbond substituents is 1. The van der Waals surface area contributed by atoms with Gasteiger partial charge in [0.1, 0.15) is 5.75 Å². The molecule has 1 aromatic heterocycles. The molecule has 5 rings (SSSR count). The number of carbonyl (C=O) groups is 1. The Labute approximate surface area is 223 Å². The number of rotatable bonds is 10. The molecule has 8 heteroatoms. The summed E-state index contributed by atoms with van der Waals surface area (Å²) >= 11 is 0. The molecular weight excluding hydrogens is 498 g/mol. The van der Waals surface area contributed by atoms with Crippen molar-refractivity contribution in [2.75, 3.05) is 13.1 Å². The maximum Gasteiger partial charge on any atom is 0.255 e. The molecule has 0 aliphatic heterocycles. The predicted molar refractivity (Wildman–Crippen MR) is 151 cm³/mol. The van der Waals surface area contributed by atoms with Gasteiger partial charge in [0, 0.05) is 42.2 Å². The quantitative estimate of drug-likeness (QED) is 0.242. The lowest BCUT2D eigenvalue weighted by atomic mass is 9.95. The number of benzene rings is 3. The van der Waals surface area contributed by atoms with E-state index in [0.717, 1.165) is 48.5 Å². The van der Waals surface area contributed by atoms with E-state index in [9.17, 15) is 18.3 Å². The van der Waals surface area contributed by atoms with E-state index in [1.54, 1.807) is 18.2 Å². The van der Waals surface area contributed by atoms with Gasteiger partial charge in [0.05, 0.1) is 16.0 Å². The van der Waals surface area contributed by atoms with Gasteiger partial charge in [-0.1, -0.05) is 42.8 Å². The van der Waals surface area contributed by atoms with Crippen molar-refractivity contribution in [2.24, 2.45) is 0 Å². The number of carbonyl (C=O) groups excluding carboxylic acids is 1. The van der Waals surface area contributed by atoms with Crippen molar-refractivity contribution < 1.29 is 18.3 Å². The van der Waals surface area contributed by atoms with E-state index in [2.05, 4.69) is 21.5 Å². The second-order valence-corrected chi connectivity index (χ2v) is 11.7. The molecule has 0 spiro atoms. The molecule has 0 unspecified atom stereocenters. The summed E-state index contributed by atoms with van der Waals surface area (Å²) < 4.78 is 30.6. The molecule has 1 amide bonds. The fourth-order valence-electron chi connectivity index (χ4n) is 5.65. The van der Waals surface area contributed by atoms with Gasteiger partial charge in [0.15, 0.2) is 0 Å². The van der Waals surface area contributed by atoms with Crippen molar-refractivity contribution in [1.29, 1.82) is 0 Å². The van der Waals surface area contributed by atoms with Crippen LogP contribution in [0.2, 0.25) is 0 Å². The number of nitrogens with one attached hydrogen (secondary N) is 2. The molecule has 200 valence electrons. The van der Waals surface area contributed by atoms with Crippen LogP contribution in [0, 0.1) is 0 Å². The molecule has 0 saturated carbocycles. The Balaban J connectivity index is 1.13. The summed E-state index contributed by atoms with van der Waals surface area (Å²) in [6, 6.07) is 16.3. The first-order valence-corrected chi connectivity index (χ1v) is 15.0. The summed E-state index contributed by atoms with van der Waals surface area (Å²) in [4.78, 5) is 13.2. The fraction of sp³-hybridized carbons (Fsp3) is 0.367. The van der Waals surface area contributed by atoms with Crippen LogP contribution in [-0.4, -0.2) is 37.1 Å². The van der Waals surface area contributed by atoms with E-state index in [4.69, 9.17) is 0 Å². The Hall–Kier alpha value is -3.36. The fourth-order valence-corrected chi connectivity index (χ4v) is 6.95. The van der Waals surface area contributed by atoms with Gasteiger partial charge in [-0.3, -0.25) is 4.79 Å². The smallest absolute Gasteiger partial charge is 0.255 e. The van der Waals surface area contributed by atoms with Crippen LogP contribution < -0.4 is 10.0 Å². The highest BCUT2D eigenvalue weighted by molar-refractivity contribution is 7.89. The number of hydrogen-bond acceptors (Lipinski definition) is 4. The van der Waals surface area contributed by atoms with Gasteiger partial charge in [0.25, 0.3) is 5.91 Å². The summed E-state index contributed by atoms with van der Waals surface area (Å²) in [6.07, 6.45) is 6.51. The molecule has 7 nitrogen and oxygen atoms in total. The topological polar surface area (TPSA) is 100 Å². The lowest BCUT2D eigenvalue weighted by Crippen LogP contribution is -2.26. The molecule has 0 radical (unpaired) electrons. The zero-order valence-electron chi connectivity index (χ0n) is 21.8. The van der Waals surface area contributed by atoms with E-state index in [1.807, 2.05) is 36.4 Å². The molecule has 0 atom stereocenters. The summed E-state index contributed by atoms with van der Waals surface area (Å²) in [7, 11) is -3.61. The standard InChI is InChI=1S/C30H35N3O4S/c1-2-33-26-15-7-6-14-23(26)24-19-25(28(34)20-27(24)33)30(35)31-17-8-3-9-18-32-38(36,37)29-16-10-12-21-11-4-5-13-22(21)29/h4-5,10-13,16,19-20,32,34H,2-3,6-9,14-15,17-18H2,1H3,(H,31,35). The van der Waals surface area contributed by atoms with Crippen LogP contribution in [0.15, 0.2) is 59.5 Å². The van der Waals surface area contributed by atoms with Crippen molar-refractivity contribution in [3.63, 3.8) is 0 Å². The van der Waals surface area contributed by atoms with E-state index in [0.29, 0.717) is 36.9 Å². The molecule has 0 saturated heterocycles. The molecule has 1 aliphatic carbocycles. The highest BCUT2D eigenvalue weighted by atomic mass is 32.2. The molecule has 38 heavy (non-hydrogen) atoms. The number of aromatic nitrogens is 1. The molecule has 1 heterocycles. The van der Waals surface area contributed by atoms with Crippen LogP contribution in [0.5, 0.6) is 5.75 Å². The number of amides is 1. The van der Waals surface area contributed by atoms with E-state index in [1.165, 1.54) is 17.7 Å². The summed E-state index contributed by atoms with van der Waals surface area (Å²) in [6.45, 7) is 3.74. The SMILES string of the molecule is CCn1c2c(c3cc(C(=O)NCCCCCNS(=O)(=O)c4cccc5ccccc45)c(O)cc31)CCCC2. The van der Waals surface area contributed by atoms with E-state index in [-0.39, 0.29) is 16.6 Å². The van der Waals surface area contributed by atoms with Gasteiger partial charge in [0.2, 0.25) is 10.0 Å². The van der Waals surface area contributed by atoms with Crippen molar-refractivity contribution in [3.05, 3.63) is 71.4 Å². The van der Waals surface area contributed by atoms with Gasteiger partial charge in [-0.25, -0.2) is 13.1 Å². The maximum atomic E-state index is 12.9. The Morgan fingerprint density at radius 2 is 1.71 bits per heavy atom. The maximum absolute atomic E-state index is 12.9. The van der Waals surface area contributed by atoms with Gasteiger partial charge in [-0.15, -0.1) is 0 Å². The van der Waals surface area contributed by atoms with E-state index < -0.39 is 10.0 Å². The Morgan fingerprint density at radius 1 is 0.947 bits per heavy atom. The first-order valence-electron chi connectivity index (χ1n) is 13.5. The van der Waals surface area contributed by atoms with Crippen molar-refractivity contribution >= 4 is 37.6 Å². The highest BCUT2D eigenvalue weighted by Gasteiger charge is 2.22. The minimum absolute atomic E-state index is 0.00221. The summed E-state index contributed by atoms with van der Waals surface area (Å²) in [5.74, 6) is -0.280. The number of unbranched alkanes of at least 4 members (excludes halogenated alkanes) is 2. The minimum Gasteiger partial charge on any atom is -0.507 e. The minimum atomic E-state index is -3.61. The molecule has 4 aromatic rings. The van der Waals surface area contributed by atoms with E-state index >= 15 is 0 Å². The predicted octanol–water partition coefficient (Wildman–Crippen LogP) is 5.28. The van der Waals surface area contributed by atoms with Crippen molar-refractivity contribution in [2.45, 2.75) is 63.3 Å². The molecule has 3 aromatic carbocycles. The van der Waals surface area contributed by atoms with Gasteiger partial charge >= 0.3 is 0 Å². The first-order chi connectivity index (χ1) is 18.4. The first kappa shape index (κ1) is 26.3. The van der Waals surface area contributed by atoms with Crippen LogP contribution in [0.1, 0.15) is 60.6 Å². The molecular formula is C30H35N3O4S. The molecule has 0 fully saturated rings. The zero-order valence-corrected chi connectivity index (χ0v) is 22.6. The van der Waals surface area contributed by atoms with Gasteiger partial charge < -0.3 is 15.0 Å². The Kier molecular flexibility index (Phi) is 7.72. The number of aryl methyl sites for hydroxylation is 2. The second-order valence-electron chi connectivity index (χ2n) is 9.95. The van der Waals surface area contributed by atoms with Crippen molar-refractivity contribution in [3.8, 4) is 5.75 Å². The van der Waals surface area contributed by atoms with Crippen LogP contribution in [0.3, 0.4) is 0 Å². The molecule has 0 bridgehead atoms. The average Bonchev–Trinajstić information content (AvgIpc) is 3.23. The van der Waals surface area contributed by atoms with Crippen LogP contribution in [0.25, 0.3) is 21.7 Å². The van der Waals surface area contributed by atoms with Crippen LogP contribution >= 0.6 is 0 Å². The third kappa shape index (κ3) is 5.15. The zero-order chi connectivity index (χ0) is 26.7. The normalized spacial score (nSPS) is 13.6. The van der Waals surface area contributed by atoms with Crippen LogP contribution in [-0.2, 0) is 29.4 Å². The van der Waals surface area contributed by atoms with Crippen molar-refractivity contribution in [1.82, 2.24) is 14.6 Å². The average molecular weight is 534 g/mol. The van der Waals surface area contributed by atoms with Gasteiger partial charge in [-0.05, 0) is 68.5 Å². The van der Waals surface area contributed by atoms with Gasteiger partial charge in [-0.2, -0.15) is 0 Å². The number of sulfonamides is 1. The van der Waals surface area contributed by atoms with Crippen LogP contribution in [0.4, 0.5) is 0 Å². The second kappa shape index (κ2) is 11.2. The largest absolute Gasteiger partial charge is 0.507 e. The lowest BCUT2D eigenvalue weighted by molar-refractivity contribution is 0.0950. The number of nitrogens with zero attached hydrogens (tertiary/aromatic N) is 1. The third-order valence-electron chi connectivity index (χ3n) is 7.53. The number of aromatic hydroxyl groups is 1. The summed E-state index contributed by atoms with van der Waals surface area (Å²) in [5, 5.41) is 16.2. The Bertz CT molecular complexity index is 1590. The monoisotopic (exact) mass is 533 g/mol. The number of fused-ring (bicyclic) bond motifs is 4. The Morgan fingerprint density at radius 3 is 2.55 bits per heavy atom. The third-order valence-corrected chi connectivity index (χ3v) is 9.04. The molecule has 1 aliphatic rings. The summed E-state index contributed by atoms with van der Waals surface area (Å²) in [5.41, 5.74) is 3.95. The lowest BCUT2D eigenvalue weighted by Gasteiger charge is -2.14. The molecule has 3 N–H and O–H groups in total. The highest BCUT2D eigenvalue weighted by Crippen LogP contribution is 2.35. The number of hydrogen-bond donors (Lipinski definition) is 3.